The molecule has 0 fully saturated rings. The summed E-state index contributed by atoms with van der Waals surface area (Å²) in [6, 6.07) is 8.50. The lowest BCUT2D eigenvalue weighted by atomic mass is 10.0. The van der Waals surface area contributed by atoms with Gasteiger partial charge in [-0.05, 0) is 30.5 Å². The lowest BCUT2D eigenvalue weighted by molar-refractivity contribution is 0.832. The normalized spacial score (nSPS) is 10.7. The summed E-state index contributed by atoms with van der Waals surface area (Å²) < 4.78 is 2.05. The van der Waals surface area contributed by atoms with E-state index >= 15 is 0 Å². The van der Waals surface area contributed by atoms with Gasteiger partial charge in [0, 0.05) is 18.4 Å². The fourth-order valence-corrected chi connectivity index (χ4v) is 2.01. The molecule has 100 valence electrons. The molecule has 1 N–H and O–H groups in total. The molecule has 0 atom stereocenters. The summed E-state index contributed by atoms with van der Waals surface area (Å²) in [5.74, 6) is 1.41. The molecule has 0 saturated carbocycles. The van der Waals surface area contributed by atoms with E-state index in [1.165, 1.54) is 5.56 Å². The molecule has 2 rings (SSSR count). The number of aromatic nitrogens is 2. The zero-order valence-electron chi connectivity index (χ0n) is 11.9. The Morgan fingerprint density at radius 3 is 2.58 bits per heavy atom. The van der Waals surface area contributed by atoms with Crippen LogP contribution in [-0.2, 0) is 6.54 Å². The van der Waals surface area contributed by atoms with Crippen LogP contribution < -0.4 is 5.32 Å². The van der Waals surface area contributed by atoms with Gasteiger partial charge in [-0.15, -0.1) is 6.58 Å². The maximum absolute atomic E-state index is 4.49. The maximum atomic E-state index is 4.49. The van der Waals surface area contributed by atoms with Gasteiger partial charge in [0.1, 0.15) is 0 Å². The zero-order valence-corrected chi connectivity index (χ0v) is 11.9. The first-order valence-electron chi connectivity index (χ1n) is 6.62. The molecule has 1 aromatic heterocycles. The second kappa shape index (κ2) is 5.74. The van der Waals surface area contributed by atoms with Crippen molar-refractivity contribution >= 4 is 11.6 Å². The molecular formula is C16H21N3. The predicted octanol–water partition coefficient (Wildman–Crippen LogP) is 4.24. The highest BCUT2D eigenvalue weighted by atomic mass is 15.2. The molecule has 2 aromatic rings. The number of hydrogen-bond acceptors (Lipinski definition) is 2. The van der Waals surface area contributed by atoms with Gasteiger partial charge in [-0.1, -0.05) is 32.1 Å². The van der Waals surface area contributed by atoms with Crippen molar-refractivity contribution in [2.75, 3.05) is 5.32 Å². The fourth-order valence-electron chi connectivity index (χ4n) is 2.01. The van der Waals surface area contributed by atoms with Crippen molar-refractivity contribution in [2.45, 2.75) is 33.2 Å². The van der Waals surface area contributed by atoms with Crippen LogP contribution in [0.1, 0.15) is 31.0 Å². The van der Waals surface area contributed by atoms with E-state index in [2.05, 4.69) is 59.6 Å². The average molecular weight is 255 g/mol. The van der Waals surface area contributed by atoms with E-state index in [9.17, 15) is 0 Å². The molecule has 0 spiro atoms. The Kier molecular flexibility index (Phi) is 4.05. The van der Waals surface area contributed by atoms with Crippen molar-refractivity contribution in [3.63, 3.8) is 0 Å². The molecule has 0 aliphatic carbocycles. The van der Waals surface area contributed by atoms with Crippen LogP contribution in [0.3, 0.4) is 0 Å². The topological polar surface area (TPSA) is 29.9 Å². The van der Waals surface area contributed by atoms with Gasteiger partial charge >= 0.3 is 0 Å². The van der Waals surface area contributed by atoms with Crippen LogP contribution in [0.25, 0.3) is 0 Å². The first kappa shape index (κ1) is 13.4. The molecule has 0 radical (unpaired) electrons. The Morgan fingerprint density at radius 2 is 2.00 bits per heavy atom. The van der Waals surface area contributed by atoms with Gasteiger partial charge in [0.2, 0.25) is 5.95 Å². The minimum atomic E-state index is 0.555. The molecule has 0 saturated heterocycles. The lowest BCUT2D eigenvalue weighted by Crippen LogP contribution is -2.01. The molecule has 0 amide bonds. The largest absolute Gasteiger partial charge is 0.326 e. The van der Waals surface area contributed by atoms with E-state index in [0.29, 0.717) is 5.92 Å². The molecule has 0 aliphatic heterocycles. The first-order chi connectivity index (χ1) is 9.10. The molecule has 0 aliphatic rings. The minimum absolute atomic E-state index is 0.555. The lowest BCUT2D eigenvalue weighted by Gasteiger charge is -2.10. The monoisotopic (exact) mass is 255 g/mol. The van der Waals surface area contributed by atoms with Gasteiger partial charge in [0.25, 0.3) is 0 Å². The van der Waals surface area contributed by atoms with Crippen LogP contribution in [0.5, 0.6) is 0 Å². The summed E-state index contributed by atoms with van der Waals surface area (Å²) in [4.78, 5) is 4.49. The summed E-state index contributed by atoms with van der Waals surface area (Å²) in [5.41, 5.74) is 3.40. The Balaban J connectivity index is 2.18. The van der Waals surface area contributed by atoms with E-state index < -0.39 is 0 Å². The highest BCUT2D eigenvalue weighted by Crippen LogP contribution is 2.20. The highest BCUT2D eigenvalue weighted by Gasteiger charge is 2.05. The van der Waals surface area contributed by atoms with E-state index in [-0.39, 0.29) is 0 Å². The third-order valence-corrected chi connectivity index (χ3v) is 3.06. The molecule has 19 heavy (non-hydrogen) atoms. The third-order valence-electron chi connectivity index (χ3n) is 3.06. The number of imidazole rings is 1. The fraction of sp³-hybridized carbons (Fsp3) is 0.312. The van der Waals surface area contributed by atoms with Crippen molar-refractivity contribution in [1.29, 1.82) is 0 Å². The number of benzene rings is 1. The van der Waals surface area contributed by atoms with Crippen molar-refractivity contribution in [1.82, 2.24) is 9.55 Å². The first-order valence-corrected chi connectivity index (χ1v) is 6.62. The molecule has 1 heterocycles. The number of nitrogens with one attached hydrogen (secondary N) is 1. The van der Waals surface area contributed by atoms with Crippen LogP contribution in [0.4, 0.5) is 11.6 Å². The van der Waals surface area contributed by atoms with Gasteiger partial charge in [0.15, 0.2) is 0 Å². The van der Waals surface area contributed by atoms with Crippen LogP contribution in [0.2, 0.25) is 0 Å². The number of hydrogen-bond donors (Lipinski definition) is 1. The molecule has 0 unspecified atom stereocenters. The number of nitrogens with zero attached hydrogens (tertiary/aromatic N) is 2. The van der Waals surface area contributed by atoms with Gasteiger partial charge in [0.05, 0.1) is 5.69 Å². The summed E-state index contributed by atoms with van der Waals surface area (Å²) in [5, 5.41) is 3.35. The van der Waals surface area contributed by atoms with Crippen molar-refractivity contribution < 1.29 is 0 Å². The van der Waals surface area contributed by atoms with E-state index in [4.69, 9.17) is 0 Å². The molecule has 1 aromatic carbocycles. The second-order valence-electron chi connectivity index (χ2n) is 5.05. The van der Waals surface area contributed by atoms with Crippen LogP contribution in [-0.4, -0.2) is 9.55 Å². The van der Waals surface area contributed by atoms with Crippen molar-refractivity contribution in [3.8, 4) is 0 Å². The molecule has 3 heteroatoms. The van der Waals surface area contributed by atoms with Gasteiger partial charge in [-0.2, -0.15) is 0 Å². The number of anilines is 2. The quantitative estimate of drug-likeness (QED) is 0.810. The summed E-state index contributed by atoms with van der Waals surface area (Å²) in [6.07, 6.45) is 3.89. The van der Waals surface area contributed by atoms with Crippen LogP contribution in [0.15, 0.2) is 43.1 Å². The average Bonchev–Trinajstić information content (AvgIpc) is 2.71. The summed E-state index contributed by atoms with van der Waals surface area (Å²) >= 11 is 0. The Morgan fingerprint density at radius 1 is 1.32 bits per heavy atom. The Bertz CT molecular complexity index is 550. The number of aryl methyl sites for hydroxylation is 1. The summed E-state index contributed by atoms with van der Waals surface area (Å²) in [7, 11) is 0. The zero-order chi connectivity index (χ0) is 13.8. The number of rotatable bonds is 5. The van der Waals surface area contributed by atoms with Gasteiger partial charge in [-0.3, -0.25) is 0 Å². The molecule has 3 nitrogen and oxygen atoms in total. The van der Waals surface area contributed by atoms with E-state index in [1.54, 1.807) is 0 Å². The Hall–Kier alpha value is -2.03. The highest BCUT2D eigenvalue weighted by molar-refractivity contribution is 5.54. The minimum Gasteiger partial charge on any atom is -0.326 e. The van der Waals surface area contributed by atoms with Crippen LogP contribution >= 0.6 is 0 Å². The predicted molar refractivity (Wildman–Crippen MR) is 81.0 cm³/mol. The van der Waals surface area contributed by atoms with E-state index in [0.717, 1.165) is 23.9 Å². The summed E-state index contributed by atoms with van der Waals surface area (Å²) in [6.45, 7) is 10.9. The number of allylic oxidation sites excluding steroid dienone is 1. The van der Waals surface area contributed by atoms with E-state index in [1.807, 2.05) is 19.2 Å². The van der Waals surface area contributed by atoms with Gasteiger partial charge in [-0.25, -0.2) is 4.98 Å². The van der Waals surface area contributed by atoms with Crippen molar-refractivity contribution in [3.05, 3.63) is 54.4 Å². The maximum Gasteiger partial charge on any atom is 0.207 e. The molecule has 0 bridgehead atoms. The second-order valence-corrected chi connectivity index (χ2v) is 5.05. The van der Waals surface area contributed by atoms with Crippen LogP contribution in [0, 0.1) is 6.92 Å². The SMILES string of the molecule is C=CCn1cc(C)nc1Nc1ccc(C(C)C)cc1. The standard InChI is InChI=1S/C16H21N3/c1-5-10-19-11-13(4)17-16(19)18-15-8-6-14(7-9-15)12(2)3/h5-9,11-12H,1,10H2,2-4H3,(H,17,18). The molecular weight excluding hydrogens is 234 g/mol. The van der Waals surface area contributed by atoms with Crippen molar-refractivity contribution in [2.24, 2.45) is 0 Å². The smallest absolute Gasteiger partial charge is 0.207 e. The Labute approximate surface area is 115 Å². The third kappa shape index (κ3) is 3.25. The van der Waals surface area contributed by atoms with Gasteiger partial charge < -0.3 is 9.88 Å².